The van der Waals surface area contributed by atoms with Gasteiger partial charge in [0.05, 0.1) is 12.7 Å². The summed E-state index contributed by atoms with van der Waals surface area (Å²) in [5.41, 5.74) is 0. The van der Waals surface area contributed by atoms with E-state index in [-0.39, 0.29) is 13.0 Å². The van der Waals surface area contributed by atoms with E-state index >= 15 is 0 Å². The molecule has 0 radical (unpaired) electrons. The van der Waals surface area contributed by atoms with Crippen molar-refractivity contribution < 1.29 is 35.1 Å². The Hall–Kier alpha value is -0.730. The average Bonchev–Trinajstić information content (AvgIpc) is 2.65. The van der Waals surface area contributed by atoms with Gasteiger partial charge in [-0.3, -0.25) is 4.79 Å². The summed E-state index contributed by atoms with van der Waals surface area (Å²) >= 11 is 0. The zero-order valence-electron chi connectivity index (χ0n) is 16.3. The molecular weight excluding hydrogens is 352 g/mol. The predicted octanol–water partition coefficient (Wildman–Crippen LogP) is 1.98. The number of unbranched alkanes of at least 4 members (excludes halogenated alkanes) is 10. The highest BCUT2D eigenvalue weighted by molar-refractivity contribution is 5.66. The molecule has 27 heavy (non-hydrogen) atoms. The quantitative estimate of drug-likeness (QED) is 0.271. The van der Waals surface area contributed by atoms with Crippen LogP contribution in [0.5, 0.6) is 0 Å². The van der Waals surface area contributed by atoms with E-state index in [9.17, 15) is 25.2 Å². The molecule has 0 aliphatic carbocycles. The maximum Gasteiger partial charge on any atom is 0.303 e. The molecule has 1 aliphatic rings. The van der Waals surface area contributed by atoms with Gasteiger partial charge in [0.15, 0.2) is 0 Å². The molecular formula is C20H38O7. The van der Waals surface area contributed by atoms with Gasteiger partial charge in [0.1, 0.15) is 24.4 Å². The molecule has 0 aromatic carbocycles. The van der Waals surface area contributed by atoms with Crippen LogP contribution in [0, 0.1) is 0 Å². The summed E-state index contributed by atoms with van der Waals surface area (Å²) in [5.74, 6) is -0.707. The maximum absolute atomic E-state index is 10.4. The van der Waals surface area contributed by atoms with Gasteiger partial charge in [-0.1, -0.05) is 64.2 Å². The fourth-order valence-corrected chi connectivity index (χ4v) is 3.63. The first-order valence-electron chi connectivity index (χ1n) is 10.5. The van der Waals surface area contributed by atoms with Crippen molar-refractivity contribution in [2.45, 2.75) is 114 Å². The van der Waals surface area contributed by atoms with Crippen molar-refractivity contribution in [3.05, 3.63) is 0 Å². The second-order valence-corrected chi connectivity index (χ2v) is 7.69. The Morgan fingerprint density at radius 3 is 1.59 bits per heavy atom. The monoisotopic (exact) mass is 390 g/mol. The van der Waals surface area contributed by atoms with Crippen molar-refractivity contribution in [1.82, 2.24) is 0 Å². The number of carbonyl (C=O) groups is 1. The fourth-order valence-electron chi connectivity index (χ4n) is 3.63. The van der Waals surface area contributed by atoms with Gasteiger partial charge in [0.2, 0.25) is 0 Å². The summed E-state index contributed by atoms with van der Waals surface area (Å²) in [5, 5.41) is 47.2. The van der Waals surface area contributed by atoms with Crippen molar-refractivity contribution >= 4 is 5.97 Å². The molecule has 1 saturated heterocycles. The van der Waals surface area contributed by atoms with Gasteiger partial charge in [0.25, 0.3) is 0 Å². The summed E-state index contributed by atoms with van der Waals surface area (Å²) in [7, 11) is 0. The summed E-state index contributed by atoms with van der Waals surface area (Å²) in [6.07, 6.45) is 7.79. The Morgan fingerprint density at radius 1 is 0.667 bits per heavy atom. The van der Waals surface area contributed by atoms with Gasteiger partial charge >= 0.3 is 5.97 Å². The topological polar surface area (TPSA) is 127 Å². The van der Waals surface area contributed by atoms with Crippen LogP contribution >= 0.6 is 0 Å². The third-order valence-corrected chi connectivity index (χ3v) is 5.37. The molecule has 5 N–H and O–H groups in total. The van der Waals surface area contributed by atoms with E-state index in [2.05, 4.69) is 0 Å². The Balaban J connectivity index is 1.94. The van der Waals surface area contributed by atoms with E-state index in [0.29, 0.717) is 6.42 Å². The van der Waals surface area contributed by atoms with Crippen LogP contribution in [-0.2, 0) is 9.53 Å². The Kier molecular flexibility index (Phi) is 12.9. The van der Waals surface area contributed by atoms with Gasteiger partial charge in [-0.2, -0.15) is 0 Å². The van der Waals surface area contributed by atoms with Crippen molar-refractivity contribution in [2.75, 3.05) is 6.61 Å². The largest absolute Gasteiger partial charge is 0.481 e. The number of carboxylic acids is 1. The third-order valence-electron chi connectivity index (χ3n) is 5.37. The third kappa shape index (κ3) is 9.85. The summed E-state index contributed by atoms with van der Waals surface area (Å²) < 4.78 is 5.50. The Labute approximate surface area is 162 Å². The number of hydrogen-bond acceptors (Lipinski definition) is 6. The highest BCUT2D eigenvalue weighted by Crippen LogP contribution is 2.25. The lowest BCUT2D eigenvalue weighted by Crippen LogP contribution is -2.58. The summed E-state index contributed by atoms with van der Waals surface area (Å²) in [6, 6.07) is 0. The number of aliphatic carboxylic acids is 1. The van der Waals surface area contributed by atoms with Crippen LogP contribution in [0.25, 0.3) is 0 Å². The second kappa shape index (κ2) is 14.3. The van der Waals surface area contributed by atoms with Crippen LogP contribution in [0.3, 0.4) is 0 Å². The van der Waals surface area contributed by atoms with Gasteiger partial charge < -0.3 is 30.3 Å². The van der Waals surface area contributed by atoms with Crippen molar-refractivity contribution in [2.24, 2.45) is 0 Å². The van der Waals surface area contributed by atoms with E-state index in [4.69, 9.17) is 9.84 Å². The van der Waals surface area contributed by atoms with Crippen LogP contribution in [0.2, 0.25) is 0 Å². The number of aliphatic hydroxyl groups excluding tert-OH is 4. The van der Waals surface area contributed by atoms with Crippen molar-refractivity contribution in [3.63, 3.8) is 0 Å². The minimum Gasteiger partial charge on any atom is -0.481 e. The smallest absolute Gasteiger partial charge is 0.303 e. The predicted molar refractivity (Wildman–Crippen MR) is 101 cm³/mol. The molecule has 0 aromatic rings. The van der Waals surface area contributed by atoms with Crippen LogP contribution < -0.4 is 0 Å². The molecule has 5 atom stereocenters. The first-order valence-corrected chi connectivity index (χ1v) is 10.5. The SMILES string of the molecule is O=C(O)CCCCCCCCCCCCCC1O[C@H](CO)[C@@H](O)[C@H](O)[C@H]1O. The van der Waals surface area contributed by atoms with Crippen molar-refractivity contribution in [3.8, 4) is 0 Å². The maximum atomic E-state index is 10.4. The lowest BCUT2D eigenvalue weighted by molar-refractivity contribution is -0.230. The van der Waals surface area contributed by atoms with Crippen LogP contribution in [-0.4, -0.2) is 68.6 Å². The van der Waals surface area contributed by atoms with Gasteiger partial charge in [-0.25, -0.2) is 0 Å². The highest BCUT2D eigenvalue weighted by Gasteiger charge is 2.42. The molecule has 1 fully saturated rings. The van der Waals surface area contributed by atoms with Crippen LogP contribution in [0.1, 0.15) is 83.5 Å². The zero-order valence-corrected chi connectivity index (χ0v) is 16.3. The standard InChI is InChI=1S/C20H38O7/c21-14-16-19(25)20(26)18(24)15(27-16)12-10-8-6-4-2-1-3-5-7-9-11-13-17(22)23/h15-16,18-21,24-26H,1-14H2,(H,22,23)/t15?,16-,18+,19-,20-/m1/s1. The van der Waals surface area contributed by atoms with E-state index < -0.39 is 36.5 Å². The summed E-state index contributed by atoms with van der Waals surface area (Å²) in [6.45, 7) is -0.374. The first-order chi connectivity index (χ1) is 13.0. The number of hydrogen-bond donors (Lipinski definition) is 5. The van der Waals surface area contributed by atoms with Crippen LogP contribution in [0.15, 0.2) is 0 Å². The molecule has 0 saturated carbocycles. The lowest BCUT2D eigenvalue weighted by Gasteiger charge is -2.40. The van der Waals surface area contributed by atoms with Crippen LogP contribution in [0.4, 0.5) is 0 Å². The van der Waals surface area contributed by atoms with Gasteiger partial charge in [-0.05, 0) is 12.8 Å². The van der Waals surface area contributed by atoms with E-state index in [1.165, 1.54) is 32.1 Å². The molecule has 7 heteroatoms. The van der Waals surface area contributed by atoms with E-state index in [1.54, 1.807) is 0 Å². The second-order valence-electron chi connectivity index (χ2n) is 7.69. The molecule has 1 heterocycles. The van der Waals surface area contributed by atoms with Gasteiger partial charge in [-0.15, -0.1) is 0 Å². The molecule has 1 unspecified atom stereocenters. The number of aliphatic hydroxyl groups is 4. The molecule has 0 amide bonds. The molecule has 0 bridgehead atoms. The minimum absolute atomic E-state index is 0.281. The molecule has 0 spiro atoms. The molecule has 1 rings (SSSR count). The number of rotatable bonds is 15. The molecule has 1 aliphatic heterocycles. The average molecular weight is 391 g/mol. The van der Waals surface area contributed by atoms with Gasteiger partial charge in [0, 0.05) is 6.42 Å². The molecule has 0 aromatic heterocycles. The minimum atomic E-state index is -1.27. The molecule has 160 valence electrons. The summed E-state index contributed by atoms with van der Waals surface area (Å²) in [4.78, 5) is 10.4. The number of ether oxygens (including phenoxy) is 1. The lowest BCUT2D eigenvalue weighted by atomic mass is 9.92. The van der Waals surface area contributed by atoms with Crippen molar-refractivity contribution in [1.29, 1.82) is 0 Å². The van der Waals surface area contributed by atoms with E-state index in [1.807, 2.05) is 0 Å². The Bertz CT molecular complexity index is 389. The highest BCUT2D eigenvalue weighted by atomic mass is 16.5. The van der Waals surface area contributed by atoms with E-state index in [0.717, 1.165) is 38.5 Å². The number of carboxylic acid groups (broad SMARTS) is 1. The normalized spacial score (nSPS) is 28.4. The first kappa shape index (κ1) is 24.3. The fraction of sp³-hybridized carbons (Fsp3) is 0.950. The Morgan fingerprint density at radius 2 is 1.11 bits per heavy atom. The zero-order chi connectivity index (χ0) is 20.1. The molecule has 7 nitrogen and oxygen atoms in total.